The molecule has 1 unspecified atom stereocenters. The molecule has 0 aromatic heterocycles. The van der Waals surface area contributed by atoms with Gasteiger partial charge in [-0.25, -0.2) is 4.79 Å². The number of esters is 1. The van der Waals surface area contributed by atoms with Crippen LogP contribution in [0.1, 0.15) is 98.8 Å². The summed E-state index contributed by atoms with van der Waals surface area (Å²) in [6.45, 7) is 14.4. The van der Waals surface area contributed by atoms with Crippen LogP contribution in [0.3, 0.4) is 0 Å². The Kier molecular flexibility index (Phi) is 8.88. The molecule has 2 N–H and O–H groups in total. The van der Waals surface area contributed by atoms with Crippen molar-refractivity contribution in [3.63, 3.8) is 0 Å². The normalized spacial score (nSPS) is 33.7. The Morgan fingerprint density at radius 3 is 2.54 bits per heavy atom. The van der Waals surface area contributed by atoms with Crippen molar-refractivity contribution in [3.05, 3.63) is 47.1 Å². The Balaban J connectivity index is 1.71. The largest absolute Gasteiger partial charge is 0.457 e. The minimum atomic E-state index is -1.64. The van der Waals surface area contributed by atoms with E-state index in [1.54, 1.807) is 5.57 Å². The van der Waals surface area contributed by atoms with Crippen molar-refractivity contribution < 1.29 is 24.5 Å². The highest BCUT2D eigenvalue weighted by Gasteiger charge is 2.44. The van der Waals surface area contributed by atoms with Crippen LogP contribution < -0.4 is 0 Å². The molecule has 4 atom stereocenters. The van der Waals surface area contributed by atoms with E-state index in [1.807, 2.05) is 26.8 Å². The molecule has 35 heavy (non-hydrogen) atoms. The standard InChI is InChI=1S/C30H46O5/c1-7-24-15-16-25-22(12-11-17-28(24,25)6)13-14-23-18-30(33,19-26(31)21(23)5)34-20-27(32)35-29(8-2,9-3)10-4/h13-15,25-26,31,33H,5,7-12,16-20H2,1-4,6H3/t25-,26?,28+,30-/m0/s1. The first-order chi connectivity index (χ1) is 16.5. The van der Waals surface area contributed by atoms with Gasteiger partial charge in [0.25, 0.3) is 0 Å². The van der Waals surface area contributed by atoms with Gasteiger partial charge in [0.15, 0.2) is 5.79 Å². The molecule has 3 aliphatic carbocycles. The smallest absolute Gasteiger partial charge is 0.332 e. The molecular weight excluding hydrogens is 440 g/mol. The molecule has 196 valence electrons. The number of fused-ring (bicyclic) bond motifs is 1. The first-order valence-corrected chi connectivity index (χ1v) is 13.6. The van der Waals surface area contributed by atoms with Gasteiger partial charge < -0.3 is 19.7 Å². The summed E-state index contributed by atoms with van der Waals surface area (Å²) in [5.74, 6) is -1.61. The van der Waals surface area contributed by atoms with Gasteiger partial charge in [0.05, 0.1) is 6.10 Å². The molecule has 5 heteroatoms. The summed E-state index contributed by atoms with van der Waals surface area (Å²) >= 11 is 0. The Bertz CT molecular complexity index is 884. The van der Waals surface area contributed by atoms with E-state index in [0.29, 0.717) is 11.5 Å². The molecule has 3 rings (SSSR count). The van der Waals surface area contributed by atoms with Gasteiger partial charge in [0.2, 0.25) is 0 Å². The summed E-state index contributed by atoms with van der Waals surface area (Å²) in [6, 6.07) is 0. The van der Waals surface area contributed by atoms with E-state index in [0.717, 1.165) is 44.1 Å². The van der Waals surface area contributed by atoms with Gasteiger partial charge in [-0.2, -0.15) is 0 Å². The van der Waals surface area contributed by atoms with Crippen LogP contribution in [0.2, 0.25) is 0 Å². The fraction of sp³-hybridized carbons (Fsp3) is 0.700. The highest BCUT2D eigenvalue weighted by atomic mass is 16.6. The molecule has 0 spiro atoms. The number of rotatable bonds is 9. The molecule has 0 aromatic carbocycles. The topological polar surface area (TPSA) is 76.0 Å². The van der Waals surface area contributed by atoms with E-state index in [-0.39, 0.29) is 24.9 Å². The zero-order chi connectivity index (χ0) is 25.9. The minimum absolute atomic E-state index is 0.0159. The molecule has 2 saturated carbocycles. The highest BCUT2D eigenvalue weighted by molar-refractivity contribution is 5.71. The lowest BCUT2D eigenvalue weighted by Gasteiger charge is -2.41. The zero-order valence-corrected chi connectivity index (χ0v) is 22.5. The monoisotopic (exact) mass is 486 g/mol. The maximum atomic E-state index is 12.5. The van der Waals surface area contributed by atoms with Crippen LogP contribution in [0.4, 0.5) is 0 Å². The predicted octanol–water partition coefficient (Wildman–Crippen LogP) is 6.31. The number of carbonyl (C=O) groups is 1. The Morgan fingerprint density at radius 2 is 1.91 bits per heavy atom. The second-order valence-corrected chi connectivity index (χ2v) is 11.0. The van der Waals surface area contributed by atoms with Crippen LogP contribution in [-0.2, 0) is 14.3 Å². The summed E-state index contributed by atoms with van der Waals surface area (Å²) in [4.78, 5) is 12.5. The summed E-state index contributed by atoms with van der Waals surface area (Å²) in [5, 5.41) is 21.8. The molecule has 0 radical (unpaired) electrons. The Hall–Kier alpha value is -1.69. The van der Waals surface area contributed by atoms with E-state index in [9.17, 15) is 15.0 Å². The molecule has 0 bridgehead atoms. The fourth-order valence-electron chi connectivity index (χ4n) is 6.49. The van der Waals surface area contributed by atoms with Crippen LogP contribution in [0.25, 0.3) is 0 Å². The van der Waals surface area contributed by atoms with Crippen LogP contribution in [0.15, 0.2) is 47.1 Å². The van der Waals surface area contributed by atoms with Gasteiger partial charge >= 0.3 is 5.97 Å². The number of carbonyl (C=O) groups excluding carboxylic acids is 1. The highest BCUT2D eigenvalue weighted by Crippen LogP contribution is 2.55. The maximum Gasteiger partial charge on any atom is 0.332 e. The van der Waals surface area contributed by atoms with Gasteiger partial charge in [-0.3, -0.25) is 0 Å². The van der Waals surface area contributed by atoms with Crippen molar-refractivity contribution in [1.82, 2.24) is 0 Å². The second-order valence-electron chi connectivity index (χ2n) is 11.0. The first kappa shape index (κ1) is 27.9. The molecule has 3 aliphatic rings. The Labute approximate surface area is 212 Å². The SMILES string of the molecule is C=C1C(=CC=C2CCC[C@]3(C)C(CC)=CC[C@@H]23)C[C@](O)(OCC(=O)OC(CC)(CC)CC)CC1O. The molecule has 0 aromatic rings. The van der Waals surface area contributed by atoms with Crippen molar-refractivity contribution in [3.8, 4) is 0 Å². The van der Waals surface area contributed by atoms with E-state index < -0.39 is 23.5 Å². The number of aliphatic hydroxyl groups excluding tert-OH is 1. The molecule has 0 aliphatic heterocycles. The third-order valence-corrected chi connectivity index (χ3v) is 9.11. The van der Waals surface area contributed by atoms with Crippen molar-refractivity contribution in [2.45, 2.75) is 116 Å². The van der Waals surface area contributed by atoms with E-state index >= 15 is 0 Å². The van der Waals surface area contributed by atoms with Crippen LogP contribution in [-0.4, -0.2) is 40.3 Å². The molecule has 2 fully saturated rings. The number of aliphatic hydroxyl groups is 2. The van der Waals surface area contributed by atoms with E-state index in [1.165, 1.54) is 18.4 Å². The summed E-state index contributed by atoms with van der Waals surface area (Å²) in [6.07, 6.45) is 13.7. The molecular formula is C30H46O5. The molecule has 5 nitrogen and oxygen atoms in total. The summed E-state index contributed by atoms with van der Waals surface area (Å²) in [5.41, 5.74) is 4.13. The number of hydrogen-bond acceptors (Lipinski definition) is 5. The average molecular weight is 487 g/mol. The molecule has 0 heterocycles. The van der Waals surface area contributed by atoms with Gasteiger partial charge in [0, 0.05) is 12.8 Å². The molecule has 0 amide bonds. The second kappa shape index (κ2) is 11.1. The lowest BCUT2D eigenvalue weighted by molar-refractivity contribution is -0.229. The van der Waals surface area contributed by atoms with Crippen molar-refractivity contribution in [2.75, 3.05) is 6.61 Å². The van der Waals surface area contributed by atoms with Gasteiger partial charge in [-0.05, 0) is 73.8 Å². The van der Waals surface area contributed by atoms with E-state index in [2.05, 4.69) is 32.6 Å². The van der Waals surface area contributed by atoms with Crippen LogP contribution in [0, 0.1) is 11.3 Å². The first-order valence-electron chi connectivity index (χ1n) is 13.6. The predicted molar refractivity (Wildman–Crippen MR) is 140 cm³/mol. The zero-order valence-electron chi connectivity index (χ0n) is 22.5. The van der Waals surface area contributed by atoms with Crippen molar-refractivity contribution in [1.29, 1.82) is 0 Å². The molecule has 0 saturated heterocycles. The third kappa shape index (κ3) is 5.84. The maximum absolute atomic E-state index is 12.5. The lowest BCUT2D eigenvalue weighted by Crippen LogP contribution is -2.44. The van der Waals surface area contributed by atoms with Crippen molar-refractivity contribution >= 4 is 5.97 Å². The number of ether oxygens (including phenoxy) is 2. The lowest BCUT2D eigenvalue weighted by atomic mass is 9.64. The van der Waals surface area contributed by atoms with Gasteiger partial charge in [-0.1, -0.05) is 70.6 Å². The average Bonchev–Trinajstić information content (AvgIpc) is 3.19. The summed E-state index contributed by atoms with van der Waals surface area (Å²) < 4.78 is 11.4. The van der Waals surface area contributed by atoms with Crippen LogP contribution >= 0.6 is 0 Å². The fourth-order valence-corrected chi connectivity index (χ4v) is 6.49. The minimum Gasteiger partial charge on any atom is -0.457 e. The van der Waals surface area contributed by atoms with E-state index in [4.69, 9.17) is 9.47 Å². The third-order valence-electron chi connectivity index (χ3n) is 9.11. The van der Waals surface area contributed by atoms with Crippen LogP contribution in [0.5, 0.6) is 0 Å². The summed E-state index contributed by atoms with van der Waals surface area (Å²) in [7, 11) is 0. The quantitative estimate of drug-likeness (QED) is 0.227. The number of hydrogen-bond donors (Lipinski definition) is 2. The number of allylic oxidation sites excluding steroid dienone is 5. The Morgan fingerprint density at radius 1 is 1.23 bits per heavy atom. The van der Waals surface area contributed by atoms with Gasteiger partial charge in [-0.15, -0.1) is 0 Å². The van der Waals surface area contributed by atoms with Crippen molar-refractivity contribution in [2.24, 2.45) is 11.3 Å². The van der Waals surface area contributed by atoms with Gasteiger partial charge in [0.1, 0.15) is 12.2 Å².